The second kappa shape index (κ2) is 18.0. The van der Waals surface area contributed by atoms with Crippen molar-refractivity contribution in [3.05, 3.63) is 106 Å². The van der Waals surface area contributed by atoms with Crippen molar-refractivity contribution >= 4 is 62.1 Å². The second-order valence-corrected chi connectivity index (χ2v) is 15.9. The number of benzene rings is 2. The van der Waals surface area contributed by atoms with Crippen LogP contribution in [-0.2, 0) is 26.7 Å². The highest BCUT2D eigenvalue weighted by molar-refractivity contribution is 7.90. The van der Waals surface area contributed by atoms with E-state index in [9.17, 15) is 32.4 Å². The highest BCUT2D eigenvalue weighted by Crippen LogP contribution is 2.34. The molecule has 2 aromatic carbocycles. The van der Waals surface area contributed by atoms with Gasteiger partial charge in [0.05, 0.1) is 26.7 Å². The van der Waals surface area contributed by atoms with Crippen LogP contribution in [0.25, 0.3) is 17.0 Å². The third kappa shape index (κ3) is 8.97. The molecule has 0 saturated carbocycles. The van der Waals surface area contributed by atoms with E-state index in [1.807, 2.05) is 0 Å². The molecule has 0 aliphatic carbocycles. The van der Waals surface area contributed by atoms with Gasteiger partial charge in [-0.15, -0.1) is 0 Å². The molecule has 6 rings (SSSR count). The molecule has 0 bridgehead atoms. The van der Waals surface area contributed by atoms with Gasteiger partial charge in [0.1, 0.15) is 5.82 Å². The van der Waals surface area contributed by atoms with Crippen molar-refractivity contribution in [2.75, 3.05) is 5.32 Å². The maximum atomic E-state index is 14.5. The van der Waals surface area contributed by atoms with Gasteiger partial charge < -0.3 is 9.88 Å². The van der Waals surface area contributed by atoms with Crippen LogP contribution in [0.2, 0.25) is 5.02 Å². The number of hydrogen-bond donors (Lipinski definition) is 2. The number of sulfonamides is 1. The number of carbonyl (C=O) groups excluding carboxylic acids is 4. The van der Waals surface area contributed by atoms with Crippen LogP contribution in [0.4, 0.5) is 5.69 Å². The molecule has 5 aromatic rings. The van der Waals surface area contributed by atoms with Crippen molar-refractivity contribution in [1.29, 1.82) is 0 Å². The highest BCUT2D eigenvalue weighted by atomic mass is 35.5. The largest absolute Gasteiger partial charge is 0.337 e. The van der Waals surface area contributed by atoms with Crippen molar-refractivity contribution < 1.29 is 27.6 Å². The van der Waals surface area contributed by atoms with E-state index in [4.69, 9.17) is 11.6 Å². The van der Waals surface area contributed by atoms with Crippen LogP contribution in [0.3, 0.4) is 0 Å². The number of aryl methyl sites for hydroxylation is 1. The number of carbonyl (C=O) groups is 4. The predicted molar refractivity (Wildman–Crippen MR) is 213 cm³/mol. The molecule has 2 N–H and O–H groups in total. The molecular weight excluding hydrogens is 772 g/mol. The molecule has 1 aliphatic rings. The smallest absolute Gasteiger partial charge is 0.287 e. The summed E-state index contributed by atoms with van der Waals surface area (Å²) in [6, 6.07) is 10.8. The van der Waals surface area contributed by atoms with Crippen molar-refractivity contribution in [2.24, 2.45) is 7.05 Å². The average Bonchev–Trinajstić information content (AvgIpc) is 3.72. The van der Waals surface area contributed by atoms with Crippen LogP contribution in [-0.4, -0.2) is 61.0 Å². The Morgan fingerprint density at radius 1 is 0.825 bits per heavy atom. The molecule has 0 spiro atoms. The lowest BCUT2D eigenvalue weighted by Crippen LogP contribution is -2.44. The number of hydrogen-bond acceptors (Lipinski definition) is 10. The van der Waals surface area contributed by atoms with Gasteiger partial charge in [-0.3, -0.25) is 28.9 Å². The fourth-order valence-corrected chi connectivity index (χ4v) is 8.14. The Hall–Kier alpha value is -5.74. The number of amides is 4. The second-order valence-electron chi connectivity index (χ2n) is 13.8. The minimum absolute atomic E-state index is 0.0384. The molecule has 0 fully saturated rings. The van der Waals surface area contributed by atoms with Gasteiger partial charge in [-0.05, 0) is 48.9 Å². The van der Waals surface area contributed by atoms with Crippen LogP contribution < -0.4 is 15.6 Å². The first-order valence-electron chi connectivity index (χ1n) is 18.9. The summed E-state index contributed by atoms with van der Waals surface area (Å²) in [6.45, 7) is 2.19. The van der Waals surface area contributed by atoms with Crippen molar-refractivity contribution in [3.63, 3.8) is 0 Å². The number of anilines is 1. The molecule has 3 aromatic heterocycles. The Labute approximate surface area is 334 Å². The van der Waals surface area contributed by atoms with Gasteiger partial charge in [-0.2, -0.15) is 0 Å². The van der Waals surface area contributed by atoms with Gasteiger partial charge >= 0.3 is 0 Å². The van der Waals surface area contributed by atoms with Gasteiger partial charge in [-0.1, -0.05) is 88.4 Å². The van der Waals surface area contributed by atoms with Gasteiger partial charge in [0.25, 0.3) is 33.3 Å². The summed E-state index contributed by atoms with van der Waals surface area (Å²) in [4.78, 5) is 82.2. The minimum Gasteiger partial charge on any atom is -0.337 e. The number of imide groups is 1. The monoisotopic (exact) mass is 814 g/mol. The Kier molecular flexibility index (Phi) is 12.9. The van der Waals surface area contributed by atoms with E-state index in [0.717, 1.165) is 42.4 Å². The first kappa shape index (κ1) is 40.9. The molecule has 15 nitrogen and oxygen atoms in total. The molecule has 1 unspecified atom stereocenters. The molecular formula is C40H43ClN8O7S. The maximum absolute atomic E-state index is 14.5. The lowest BCUT2D eigenvalue weighted by Gasteiger charge is -2.27. The Morgan fingerprint density at radius 2 is 1.46 bits per heavy atom. The van der Waals surface area contributed by atoms with Crippen LogP contribution >= 0.6 is 11.6 Å². The van der Waals surface area contributed by atoms with E-state index in [1.165, 1.54) is 62.7 Å². The first-order chi connectivity index (χ1) is 27.4. The van der Waals surface area contributed by atoms with Crippen molar-refractivity contribution in [3.8, 4) is 5.82 Å². The molecule has 0 saturated heterocycles. The molecule has 0 radical (unpaired) electrons. The van der Waals surface area contributed by atoms with Crippen LogP contribution in [0.1, 0.15) is 110 Å². The SMILES string of the molecule is CCCCCCCCCCCCC(=O)NS(=O)(=O)c1ccc(NC(=O)C(c2nc3nccnc3c(=O)n2-c2cccn2C)N2C(=O)c3ccccc3C2=O)c(Cl)c1. The number of unbranched alkanes of at least 4 members (excludes halogenated alkanes) is 9. The summed E-state index contributed by atoms with van der Waals surface area (Å²) >= 11 is 6.54. The number of rotatable bonds is 18. The van der Waals surface area contributed by atoms with Crippen molar-refractivity contribution in [1.82, 2.24) is 33.7 Å². The van der Waals surface area contributed by atoms with Crippen LogP contribution in [0.5, 0.6) is 0 Å². The summed E-state index contributed by atoms with van der Waals surface area (Å²) < 4.78 is 31.1. The van der Waals surface area contributed by atoms with Gasteiger partial charge in [0, 0.05) is 32.1 Å². The van der Waals surface area contributed by atoms with E-state index in [2.05, 4.69) is 31.9 Å². The number of aromatic nitrogens is 5. The summed E-state index contributed by atoms with van der Waals surface area (Å²) in [5, 5.41) is 2.36. The van der Waals surface area contributed by atoms with Gasteiger partial charge in [-0.25, -0.2) is 32.7 Å². The van der Waals surface area contributed by atoms with E-state index in [0.29, 0.717) is 11.3 Å². The summed E-state index contributed by atoms with van der Waals surface area (Å²) in [7, 11) is -2.67. The molecule has 4 heterocycles. The van der Waals surface area contributed by atoms with Gasteiger partial charge in [0.15, 0.2) is 23.0 Å². The third-order valence-electron chi connectivity index (χ3n) is 9.77. The first-order valence-corrected chi connectivity index (χ1v) is 20.8. The summed E-state index contributed by atoms with van der Waals surface area (Å²) in [5.41, 5.74) is -0.998. The molecule has 4 amide bonds. The van der Waals surface area contributed by atoms with E-state index < -0.39 is 45.3 Å². The Balaban J connectivity index is 1.24. The number of halogens is 1. The minimum atomic E-state index is -4.33. The fraction of sp³-hybridized carbons (Fsp3) is 0.350. The fourth-order valence-electron chi connectivity index (χ4n) is 6.81. The van der Waals surface area contributed by atoms with Crippen molar-refractivity contribution in [2.45, 2.75) is 88.5 Å². The molecule has 1 aliphatic heterocycles. The molecule has 298 valence electrons. The summed E-state index contributed by atoms with van der Waals surface area (Å²) in [5.74, 6) is -3.38. The normalized spacial score (nSPS) is 13.2. The number of fused-ring (bicyclic) bond motifs is 2. The Morgan fingerprint density at radius 3 is 2.07 bits per heavy atom. The lowest BCUT2D eigenvalue weighted by atomic mass is 10.1. The molecule has 57 heavy (non-hydrogen) atoms. The Bertz CT molecular complexity index is 2470. The highest BCUT2D eigenvalue weighted by Gasteiger charge is 2.46. The maximum Gasteiger partial charge on any atom is 0.287 e. The summed E-state index contributed by atoms with van der Waals surface area (Å²) in [6.07, 6.45) is 15.0. The quantitative estimate of drug-likeness (QED) is 0.0753. The van der Waals surface area contributed by atoms with E-state index in [-0.39, 0.29) is 56.0 Å². The third-order valence-corrected chi connectivity index (χ3v) is 11.5. The zero-order valence-corrected chi connectivity index (χ0v) is 33.2. The molecule has 17 heteroatoms. The lowest BCUT2D eigenvalue weighted by molar-refractivity contribution is -0.120. The van der Waals surface area contributed by atoms with Crippen LogP contribution in [0, 0.1) is 0 Å². The van der Waals surface area contributed by atoms with E-state index >= 15 is 0 Å². The number of nitrogens with one attached hydrogen (secondary N) is 2. The average molecular weight is 815 g/mol. The standard InChI is InChI=1S/C40H43ClN8O7S/c1-3-4-5-6-7-8-9-10-11-12-18-31(50)46-57(55,56)26-20-21-30(29(41)25-26)44-37(51)34(49-38(52)27-16-13-14-17-28(27)39(49)53)36-45-35-33(42-22-23-43-35)40(54)48(36)32-19-15-24-47(32)2/h13-17,19-25,34H,3-12,18H2,1-2H3,(H,44,51)(H,46,50). The topological polar surface area (TPSA) is 195 Å². The zero-order valence-electron chi connectivity index (χ0n) is 31.6. The van der Waals surface area contributed by atoms with Crippen LogP contribution in [0.15, 0.2) is 82.9 Å². The zero-order chi connectivity index (χ0) is 40.7. The van der Waals surface area contributed by atoms with E-state index in [1.54, 1.807) is 42.1 Å². The number of nitrogens with zero attached hydrogens (tertiary/aromatic N) is 6. The predicted octanol–water partition coefficient (Wildman–Crippen LogP) is 6.26. The van der Waals surface area contributed by atoms with Gasteiger partial charge in [0.2, 0.25) is 5.91 Å². The molecule has 1 atom stereocenters.